The summed E-state index contributed by atoms with van der Waals surface area (Å²) in [4.78, 5) is 85.8. The molecule has 4 fully saturated rings. The molecule has 79 heavy (non-hydrogen) atoms. The summed E-state index contributed by atoms with van der Waals surface area (Å²) in [5.41, 5.74) is -8.84. The molecule has 2 saturated carbocycles. The van der Waals surface area contributed by atoms with Crippen LogP contribution in [0, 0.1) is 16.7 Å². The van der Waals surface area contributed by atoms with Crippen molar-refractivity contribution in [2.24, 2.45) is 16.7 Å². The number of ether oxygens (including phenoxy) is 8. The van der Waals surface area contributed by atoms with Crippen molar-refractivity contribution in [1.29, 1.82) is 0 Å². The molecule has 1 amide bonds. The third-order valence-electron chi connectivity index (χ3n) is 16.5. The van der Waals surface area contributed by atoms with Gasteiger partial charge < -0.3 is 79.0 Å². The second-order valence-electron chi connectivity index (χ2n) is 23.1. The fourth-order valence-electron chi connectivity index (χ4n) is 12.1. The first kappa shape index (κ1) is 61.2. The molecule has 0 radical (unpaired) electrons. The molecule has 16 atom stereocenters. The van der Waals surface area contributed by atoms with Crippen LogP contribution in [0.25, 0.3) is 0 Å². The lowest BCUT2D eigenvalue weighted by molar-refractivity contribution is -0.346. The smallest absolute Gasteiger partial charge is 0.408 e. The quantitative estimate of drug-likeness (QED) is 0.0434. The maximum Gasteiger partial charge on any atom is 0.408 e. The molecule has 3 aliphatic carbocycles. The molecule has 2 heterocycles. The lowest BCUT2D eigenvalue weighted by Gasteiger charge is -2.67. The molecule has 1 unspecified atom stereocenters. The Hall–Kier alpha value is -5.40. The summed E-state index contributed by atoms with van der Waals surface area (Å²) >= 11 is 0. The largest absolute Gasteiger partial charge is 0.456 e. The summed E-state index contributed by atoms with van der Waals surface area (Å²) in [6.45, 7) is 11.1. The molecule has 2 saturated heterocycles. The van der Waals surface area contributed by atoms with E-state index < -0.39 is 156 Å². The topological polar surface area (TPSA) is 330 Å². The lowest BCUT2D eigenvalue weighted by atomic mass is 9.44. The number of alkyl carbamates (subject to hydrolysis) is 1. The Bertz CT molecular complexity index is 2550. The Morgan fingerprint density at radius 1 is 0.848 bits per heavy atom. The fraction of sp³-hybridized carbons (Fsp3) is 0.649. The van der Waals surface area contributed by atoms with Crippen LogP contribution >= 0.6 is 0 Å². The zero-order valence-corrected chi connectivity index (χ0v) is 45.9. The van der Waals surface area contributed by atoms with Crippen molar-refractivity contribution >= 4 is 35.8 Å². The number of ketones is 1. The number of carbonyl (C=O) groups excluding carboxylic acids is 6. The highest BCUT2D eigenvalue weighted by Crippen LogP contribution is 2.64. The van der Waals surface area contributed by atoms with Crippen LogP contribution in [0.4, 0.5) is 4.79 Å². The molecule has 2 aromatic rings. The van der Waals surface area contributed by atoms with Crippen LogP contribution in [0.3, 0.4) is 0 Å². The summed E-state index contributed by atoms with van der Waals surface area (Å²) in [5.74, 6) is -6.48. The first-order valence-electron chi connectivity index (χ1n) is 26.9. The minimum atomic E-state index is -2.48. The highest BCUT2D eigenvalue weighted by atomic mass is 16.7. The first-order chi connectivity index (χ1) is 37.1. The van der Waals surface area contributed by atoms with Gasteiger partial charge in [0.05, 0.1) is 42.3 Å². The Labute approximate surface area is 458 Å². The van der Waals surface area contributed by atoms with Gasteiger partial charge in [0, 0.05) is 38.2 Å². The fourth-order valence-corrected chi connectivity index (χ4v) is 12.1. The number of unbranched alkanes of at least 4 members (excludes halogenated alkanes) is 4. The summed E-state index contributed by atoms with van der Waals surface area (Å²) < 4.78 is 47.5. The second kappa shape index (κ2) is 24.4. The van der Waals surface area contributed by atoms with Gasteiger partial charge in [0.25, 0.3) is 0 Å². The number of amides is 1. The van der Waals surface area contributed by atoms with E-state index in [1.165, 1.54) is 26.0 Å². The van der Waals surface area contributed by atoms with E-state index in [9.17, 15) is 59.7 Å². The van der Waals surface area contributed by atoms with Crippen molar-refractivity contribution in [2.45, 2.75) is 197 Å². The minimum absolute atomic E-state index is 0.0322. The van der Waals surface area contributed by atoms with Crippen molar-refractivity contribution in [3.63, 3.8) is 0 Å². The van der Waals surface area contributed by atoms with Gasteiger partial charge in [-0.05, 0) is 76.3 Å². The number of hydrogen-bond donors (Lipinski definition) is 8. The molecule has 0 spiro atoms. The number of aliphatic hydroxyl groups excluding tert-OH is 6. The van der Waals surface area contributed by atoms with Gasteiger partial charge in [-0.25, -0.2) is 14.4 Å². The standard InChI is InChI=1S/C57H77NO21/c1-30-34(74-50(69)42(64)40(32-20-14-12-15-21-32)58-52(70)79-53(3,4)5)27-57(71)48(77-49(68)33-22-16-13-17-23-33)46-55(8,36(61)26-37-56(46,29-73-37)78-31(2)60)47(67)45(39(30)54(57,6)7)76-38(62)24-18-10-9-11-19-25-72-51-44(66)43(65)41(63)35(28-59)75-51/h12-17,20-23,34-37,40-46,48,51,59,61,63-66,71H,9-11,18-19,24-29H2,1-8H3,(H,58,70)/t34-,35+,36-,37+,40-,41-,42+,43-,44+,45+,46-,48-,51?,55+,56-,57+/m0/s1. The van der Waals surface area contributed by atoms with E-state index in [2.05, 4.69) is 5.32 Å². The summed E-state index contributed by atoms with van der Waals surface area (Å²) in [6.07, 6.45) is -17.0. The number of fused-ring (bicyclic) bond motifs is 5. The van der Waals surface area contributed by atoms with Gasteiger partial charge in [-0.3, -0.25) is 14.4 Å². The Morgan fingerprint density at radius 3 is 2.09 bits per heavy atom. The monoisotopic (exact) mass is 1110 g/mol. The molecular formula is C57H77NO21. The second-order valence-corrected chi connectivity index (χ2v) is 23.1. The van der Waals surface area contributed by atoms with Crippen LogP contribution in [0.5, 0.6) is 0 Å². The Kier molecular flexibility index (Phi) is 18.9. The average Bonchev–Trinajstić information content (AvgIpc) is 3.07. The van der Waals surface area contributed by atoms with E-state index in [-0.39, 0.29) is 54.7 Å². The molecule has 5 aliphatic rings. The van der Waals surface area contributed by atoms with Crippen molar-refractivity contribution < 1.29 is 102 Å². The zero-order chi connectivity index (χ0) is 58.0. The van der Waals surface area contributed by atoms with Gasteiger partial charge in [-0.15, -0.1) is 0 Å². The molecular weight excluding hydrogens is 1030 g/mol. The molecule has 2 aliphatic heterocycles. The molecule has 2 aromatic carbocycles. The van der Waals surface area contributed by atoms with Crippen molar-refractivity contribution in [3.05, 3.63) is 82.9 Å². The van der Waals surface area contributed by atoms with E-state index in [0.29, 0.717) is 25.7 Å². The molecule has 22 heteroatoms. The van der Waals surface area contributed by atoms with Crippen LogP contribution in [-0.4, -0.2) is 175 Å². The van der Waals surface area contributed by atoms with Crippen LogP contribution in [0.2, 0.25) is 0 Å². The Morgan fingerprint density at radius 2 is 1.48 bits per heavy atom. The molecule has 2 bridgehead atoms. The van der Waals surface area contributed by atoms with E-state index in [1.54, 1.807) is 83.1 Å². The highest BCUT2D eigenvalue weighted by Gasteiger charge is 2.78. The molecule has 0 aromatic heterocycles. The van der Waals surface area contributed by atoms with Gasteiger partial charge in [0.2, 0.25) is 0 Å². The lowest BCUT2D eigenvalue weighted by Crippen LogP contribution is -2.82. The third kappa shape index (κ3) is 12.3. The number of carbonyl (C=O) groups is 6. The van der Waals surface area contributed by atoms with E-state index in [0.717, 1.165) is 6.92 Å². The normalized spacial score (nSPS) is 33.7. The van der Waals surface area contributed by atoms with Gasteiger partial charge >= 0.3 is 30.0 Å². The van der Waals surface area contributed by atoms with Gasteiger partial charge in [-0.2, -0.15) is 0 Å². The number of rotatable bonds is 19. The van der Waals surface area contributed by atoms with Crippen molar-refractivity contribution in [1.82, 2.24) is 5.32 Å². The molecule has 7 rings (SSSR count). The maximum absolute atomic E-state index is 16.1. The summed E-state index contributed by atoms with van der Waals surface area (Å²) in [6, 6.07) is 14.4. The third-order valence-corrected chi connectivity index (χ3v) is 16.5. The van der Waals surface area contributed by atoms with Gasteiger partial charge in [-0.1, -0.05) is 81.6 Å². The van der Waals surface area contributed by atoms with Crippen molar-refractivity contribution in [2.75, 3.05) is 19.8 Å². The minimum Gasteiger partial charge on any atom is -0.456 e. The summed E-state index contributed by atoms with van der Waals surface area (Å²) in [5, 5.41) is 80.7. The average molecular weight is 1110 g/mol. The van der Waals surface area contributed by atoms with Gasteiger partial charge in [0.1, 0.15) is 53.9 Å². The highest BCUT2D eigenvalue weighted by molar-refractivity contribution is 5.96. The first-order valence-corrected chi connectivity index (χ1v) is 26.9. The van der Waals surface area contributed by atoms with Crippen LogP contribution < -0.4 is 5.32 Å². The van der Waals surface area contributed by atoms with E-state index in [4.69, 9.17) is 37.9 Å². The SMILES string of the molecule is CC(=O)O[C@@]12CO[C@@H]1C[C@H](O)[C@@]1(C)C(=O)[C@H](OC(=O)CCCCCCCOC3O[C@H](CO)[C@H](O)[C@H](O)[C@H]3O)C3=C(C)[C@@H](OC(=O)[C@H](O)[C@@H](NC(=O)OC(C)(C)C)c4ccccc4)C[C@@](O)([C@@H](OC(=O)c4ccccc4)[C@H]21)C3(C)C. The molecule has 8 N–H and O–H groups in total. The Balaban J connectivity index is 1.23. The van der Waals surface area contributed by atoms with Crippen LogP contribution in [0.1, 0.15) is 129 Å². The number of Topliss-reactive ketones (excluding diaryl/α,β-unsaturated/α-hetero) is 1. The predicted octanol–water partition coefficient (Wildman–Crippen LogP) is 2.97. The molecule has 436 valence electrons. The van der Waals surface area contributed by atoms with E-state index in [1.807, 2.05) is 0 Å². The number of benzene rings is 2. The molecule has 22 nitrogen and oxygen atoms in total. The predicted molar refractivity (Wildman–Crippen MR) is 275 cm³/mol. The number of esters is 4. The van der Waals surface area contributed by atoms with E-state index >= 15 is 4.79 Å². The number of hydrogen-bond acceptors (Lipinski definition) is 21. The maximum atomic E-state index is 16.1. The zero-order valence-electron chi connectivity index (χ0n) is 45.9. The number of nitrogens with one attached hydrogen (secondary N) is 1. The number of aliphatic hydroxyl groups is 7. The van der Waals surface area contributed by atoms with Crippen molar-refractivity contribution in [3.8, 4) is 0 Å². The summed E-state index contributed by atoms with van der Waals surface area (Å²) in [7, 11) is 0. The van der Waals surface area contributed by atoms with Crippen LogP contribution in [0.15, 0.2) is 71.8 Å². The van der Waals surface area contributed by atoms with Crippen LogP contribution in [-0.2, 0) is 57.1 Å². The van der Waals surface area contributed by atoms with Gasteiger partial charge in [0.15, 0.2) is 29.9 Å².